The summed E-state index contributed by atoms with van der Waals surface area (Å²) in [5.41, 5.74) is 0.770. The lowest BCUT2D eigenvalue weighted by molar-refractivity contribution is -0.122. The average molecular weight is 390 g/mol. The molecule has 0 unspecified atom stereocenters. The molecular formula is C17H18N4O3S2. The first-order valence-corrected chi connectivity index (χ1v) is 9.71. The molecule has 1 amide bonds. The summed E-state index contributed by atoms with van der Waals surface area (Å²) in [6, 6.07) is 5.00. The number of aromatic nitrogens is 2. The molecule has 1 aromatic carbocycles. The van der Waals surface area contributed by atoms with Crippen LogP contribution in [0.15, 0.2) is 28.1 Å². The van der Waals surface area contributed by atoms with Crippen LogP contribution in [0.2, 0.25) is 0 Å². The van der Waals surface area contributed by atoms with Crippen molar-refractivity contribution >= 4 is 45.4 Å². The number of hydrogen-bond donors (Lipinski definition) is 1. The van der Waals surface area contributed by atoms with Crippen LogP contribution in [0.1, 0.15) is 24.4 Å². The molecule has 1 aliphatic rings. The van der Waals surface area contributed by atoms with Crippen molar-refractivity contribution in [3.05, 3.63) is 33.7 Å². The van der Waals surface area contributed by atoms with E-state index in [1.54, 1.807) is 29.2 Å². The van der Waals surface area contributed by atoms with Crippen LogP contribution in [0.4, 0.5) is 5.13 Å². The number of benzene rings is 1. The Labute approximate surface area is 159 Å². The number of amides is 1. The van der Waals surface area contributed by atoms with E-state index in [0.717, 1.165) is 10.6 Å². The highest BCUT2D eigenvalue weighted by Gasteiger charge is 2.32. The second kappa shape index (κ2) is 7.88. The zero-order valence-corrected chi connectivity index (χ0v) is 16.2. The van der Waals surface area contributed by atoms with E-state index in [1.165, 1.54) is 23.1 Å². The molecule has 1 N–H and O–H groups in total. The minimum atomic E-state index is -0.108. The van der Waals surface area contributed by atoms with Gasteiger partial charge in [-0.2, -0.15) is 4.99 Å². The first kappa shape index (κ1) is 18.4. The SMILES string of the molecule is CCOc1cc(/C=C2\S/C(=N/c3nnc(C)s3)N(CC)C2=O)ccc1O. The fraction of sp³-hybridized carbons (Fsp3) is 0.294. The van der Waals surface area contributed by atoms with Crippen molar-refractivity contribution in [2.45, 2.75) is 20.8 Å². The average Bonchev–Trinajstić information content (AvgIpc) is 3.14. The molecule has 1 fully saturated rings. The van der Waals surface area contributed by atoms with Gasteiger partial charge in [0.2, 0.25) is 5.13 Å². The number of thioether (sulfide) groups is 1. The number of likely N-dealkylation sites (N-methyl/N-ethyl adjacent to an activating group) is 1. The highest BCUT2D eigenvalue weighted by molar-refractivity contribution is 8.18. The Kier molecular flexibility index (Phi) is 5.58. The van der Waals surface area contributed by atoms with Gasteiger partial charge in [0, 0.05) is 6.54 Å². The third-order valence-electron chi connectivity index (χ3n) is 3.49. The lowest BCUT2D eigenvalue weighted by Crippen LogP contribution is -2.28. The number of carbonyl (C=O) groups excluding carboxylic acids is 1. The van der Waals surface area contributed by atoms with Gasteiger partial charge in [-0.25, -0.2) is 0 Å². The van der Waals surface area contributed by atoms with Crippen molar-refractivity contribution in [2.24, 2.45) is 4.99 Å². The van der Waals surface area contributed by atoms with E-state index in [-0.39, 0.29) is 11.7 Å². The fourth-order valence-corrected chi connectivity index (χ4v) is 3.99. The normalized spacial score (nSPS) is 17.5. The van der Waals surface area contributed by atoms with Crippen LogP contribution in [0.5, 0.6) is 11.5 Å². The van der Waals surface area contributed by atoms with E-state index in [4.69, 9.17) is 4.74 Å². The molecule has 2 aromatic rings. The summed E-state index contributed by atoms with van der Waals surface area (Å²) in [6.07, 6.45) is 1.77. The Morgan fingerprint density at radius 2 is 2.15 bits per heavy atom. The molecule has 3 rings (SSSR count). The molecule has 0 aliphatic carbocycles. The number of aryl methyl sites for hydroxylation is 1. The highest BCUT2D eigenvalue weighted by atomic mass is 32.2. The number of aromatic hydroxyl groups is 1. The van der Waals surface area contributed by atoms with E-state index in [2.05, 4.69) is 15.2 Å². The Hall–Kier alpha value is -2.39. The molecule has 1 aliphatic heterocycles. The second-order valence-corrected chi connectivity index (χ2v) is 7.49. The minimum absolute atomic E-state index is 0.0727. The summed E-state index contributed by atoms with van der Waals surface area (Å²) >= 11 is 2.67. The molecule has 0 radical (unpaired) electrons. The smallest absolute Gasteiger partial charge is 0.266 e. The molecule has 0 spiro atoms. The molecule has 0 saturated carbocycles. The van der Waals surface area contributed by atoms with Crippen LogP contribution in [0.3, 0.4) is 0 Å². The molecule has 136 valence electrons. The van der Waals surface area contributed by atoms with Gasteiger partial charge in [0.25, 0.3) is 5.91 Å². The number of aliphatic imine (C=N–C) groups is 1. The van der Waals surface area contributed by atoms with E-state index >= 15 is 0 Å². The van der Waals surface area contributed by atoms with Crippen molar-refractivity contribution in [3.8, 4) is 11.5 Å². The van der Waals surface area contributed by atoms with Crippen molar-refractivity contribution in [1.29, 1.82) is 0 Å². The molecule has 1 saturated heterocycles. The quantitative estimate of drug-likeness (QED) is 0.785. The predicted molar refractivity (Wildman–Crippen MR) is 104 cm³/mol. The van der Waals surface area contributed by atoms with Gasteiger partial charge in [-0.1, -0.05) is 17.4 Å². The lowest BCUT2D eigenvalue weighted by Gasteiger charge is -2.11. The summed E-state index contributed by atoms with van der Waals surface area (Å²) in [5.74, 6) is 0.356. The molecule has 26 heavy (non-hydrogen) atoms. The lowest BCUT2D eigenvalue weighted by atomic mass is 10.2. The molecule has 0 bridgehead atoms. The van der Waals surface area contributed by atoms with E-state index in [9.17, 15) is 9.90 Å². The van der Waals surface area contributed by atoms with Gasteiger partial charge >= 0.3 is 0 Å². The van der Waals surface area contributed by atoms with E-state index in [1.807, 2.05) is 20.8 Å². The molecular weight excluding hydrogens is 372 g/mol. The van der Waals surface area contributed by atoms with Crippen molar-refractivity contribution in [1.82, 2.24) is 15.1 Å². The Bertz CT molecular complexity index is 892. The number of nitrogens with zero attached hydrogens (tertiary/aromatic N) is 4. The van der Waals surface area contributed by atoms with Crippen LogP contribution < -0.4 is 4.74 Å². The maximum absolute atomic E-state index is 12.7. The fourth-order valence-electron chi connectivity index (χ4n) is 2.33. The van der Waals surface area contributed by atoms with Gasteiger partial charge in [-0.15, -0.1) is 10.2 Å². The van der Waals surface area contributed by atoms with Crippen molar-refractivity contribution in [2.75, 3.05) is 13.2 Å². The summed E-state index contributed by atoms with van der Waals surface area (Å²) < 4.78 is 5.39. The van der Waals surface area contributed by atoms with Crippen LogP contribution in [0.25, 0.3) is 6.08 Å². The Balaban J connectivity index is 1.91. The number of amidine groups is 1. The van der Waals surface area contributed by atoms with Crippen LogP contribution in [-0.4, -0.2) is 44.4 Å². The van der Waals surface area contributed by atoms with Crippen molar-refractivity contribution < 1.29 is 14.6 Å². The summed E-state index contributed by atoms with van der Waals surface area (Å²) in [4.78, 5) is 19.3. The molecule has 7 nitrogen and oxygen atoms in total. The highest BCUT2D eigenvalue weighted by Crippen LogP contribution is 2.35. The molecule has 2 heterocycles. The van der Waals surface area contributed by atoms with Gasteiger partial charge in [0.1, 0.15) is 5.01 Å². The van der Waals surface area contributed by atoms with Crippen LogP contribution in [-0.2, 0) is 4.79 Å². The predicted octanol–water partition coefficient (Wildman–Crippen LogP) is 3.57. The van der Waals surface area contributed by atoms with Gasteiger partial charge in [-0.3, -0.25) is 9.69 Å². The zero-order valence-electron chi connectivity index (χ0n) is 14.6. The summed E-state index contributed by atoms with van der Waals surface area (Å²) in [6.45, 7) is 6.56. The van der Waals surface area contributed by atoms with E-state index < -0.39 is 0 Å². The summed E-state index contributed by atoms with van der Waals surface area (Å²) in [7, 11) is 0. The number of rotatable bonds is 5. The monoisotopic (exact) mass is 390 g/mol. The van der Waals surface area contributed by atoms with Crippen molar-refractivity contribution in [3.63, 3.8) is 0 Å². The second-order valence-electron chi connectivity index (χ2n) is 5.32. The third-order valence-corrected chi connectivity index (χ3v) is 5.23. The number of hydrogen-bond acceptors (Lipinski definition) is 8. The number of carbonyl (C=O) groups is 1. The standard InChI is InChI=1S/C17H18N4O3S2/c1-4-21-15(23)14(26-17(21)18-16-20-19-10(3)25-16)9-11-6-7-12(22)13(8-11)24-5-2/h6-9,22H,4-5H2,1-3H3/b14-9-,18-17+. The summed E-state index contributed by atoms with van der Waals surface area (Å²) in [5, 5.41) is 19.7. The van der Waals surface area contributed by atoms with E-state index in [0.29, 0.717) is 34.1 Å². The largest absolute Gasteiger partial charge is 0.504 e. The molecule has 9 heteroatoms. The number of phenols is 1. The first-order valence-electron chi connectivity index (χ1n) is 8.07. The molecule has 0 atom stereocenters. The van der Waals surface area contributed by atoms with Gasteiger partial charge in [0.15, 0.2) is 16.7 Å². The number of ether oxygens (including phenoxy) is 1. The Morgan fingerprint density at radius 3 is 2.81 bits per heavy atom. The first-order chi connectivity index (χ1) is 12.5. The topological polar surface area (TPSA) is 87.9 Å². The molecule has 1 aromatic heterocycles. The van der Waals surface area contributed by atoms with Crippen LogP contribution >= 0.6 is 23.1 Å². The van der Waals surface area contributed by atoms with Gasteiger partial charge < -0.3 is 9.84 Å². The van der Waals surface area contributed by atoms with Crippen LogP contribution in [0, 0.1) is 6.92 Å². The zero-order chi connectivity index (χ0) is 18.7. The van der Waals surface area contributed by atoms with Gasteiger partial charge in [0.05, 0.1) is 11.5 Å². The van der Waals surface area contributed by atoms with Gasteiger partial charge in [-0.05, 0) is 56.3 Å². The third kappa shape index (κ3) is 3.88. The minimum Gasteiger partial charge on any atom is -0.504 e. The maximum atomic E-state index is 12.7. The number of phenolic OH excluding ortho intramolecular Hbond substituents is 1. The Morgan fingerprint density at radius 1 is 1.35 bits per heavy atom. The maximum Gasteiger partial charge on any atom is 0.266 e.